The zero-order chi connectivity index (χ0) is 12.8. The van der Waals surface area contributed by atoms with Crippen LogP contribution in [0.3, 0.4) is 0 Å². The Morgan fingerprint density at radius 3 is 2.25 bits per heavy atom. The van der Waals surface area contributed by atoms with Gasteiger partial charge in [0.05, 0.1) is 0 Å². The summed E-state index contributed by atoms with van der Waals surface area (Å²) >= 11 is 0. The lowest BCUT2D eigenvalue weighted by molar-refractivity contribution is -0.139. The minimum Gasteiger partial charge on any atom is -0.480 e. The van der Waals surface area contributed by atoms with Gasteiger partial charge in [0, 0.05) is 6.54 Å². The van der Waals surface area contributed by atoms with E-state index in [0.717, 1.165) is 6.42 Å². The van der Waals surface area contributed by atoms with Crippen LogP contribution in [0.4, 0.5) is 4.79 Å². The van der Waals surface area contributed by atoms with Gasteiger partial charge in [-0.25, -0.2) is 9.59 Å². The number of carboxylic acids is 1. The SMILES string of the molecule is CCCC(NC(=O)NCC(C)(C)C)C(=O)O. The van der Waals surface area contributed by atoms with Crippen molar-refractivity contribution in [2.24, 2.45) is 5.41 Å². The molecule has 0 saturated carbocycles. The molecule has 0 aromatic carbocycles. The average Bonchev–Trinajstić information content (AvgIpc) is 2.13. The Balaban J connectivity index is 4.05. The number of nitrogens with one attached hydrogen (secondary N) is 2. The van der Waals surface area contributed by atoms with Gasteiger partial charge in [0.25, 0.3) is 0 Å². The molecule has 0 aliphatic heterocycles. The minimum absolute atomic E-state index is 0.0131. The fourth-order valence-corrected chi connectivity index (χ4v) is 1.10. The maximum absolute atomic E-state index is 11.4. The topological polar surface area (TPSA) is 78.4 Å². The van der Waals surface area contributed by atoms with Gasteiger partial charge in [-0.2, -0.15) is 0 Å². The standard InChI is InChI=1S/C11H22N2O3/c1-5-6-8(9(14)15)13-10(16)12-7-11(2,3)4/h8H,5-7H2,1-4H3,(H,14,15)(H2,12,13,16). The molecule has 5 nitrogen and oxygen atoms in total. The quantitative estimate of drug-likeness (QED) is 0.671. The van der Waals surface area contributed by atoms with Gasteiger partial charge in [0.2, 0.25) is 0 Å². The lowest BCUT2D eigenvalue weighted by Crippen LogP contribution is -2.47. The van der Waals surface area contributed by atoms with Crippen molar-refractivity contribution >= 4 is 12.0 Å². The van der Waals surface area contributed by atoms with Crippen LogP contribution in [0.15, 0.2) is 0 Å². The molecule has 94 valence electrons. The third-order valence-corrected chi connectivity index (χ3v) is 1.96. The Morgan fingerprint density at radius 2 is 1.88 bits per heavy atom. The number of hydrogen-bond acceptors (Lipinski definition) is 2. The number of aliphatic carboxylic acids is 1. The summed E-state index contributed by atoms with van der Waals surface area (Å²) in [4.78, 5) is 22.2. The molecule has 16 heavy (non-hydrogen) atoms. The van der Waals surface area contributed by atoms with Gasteiger partial charge in [0.1, 0.15) is 6.04 Å². The van der Waals surface area contributed by atoms with E-state index >= 15 is 0 Å². The molecule has 0 aliphatic rings. The van der Waals surface area contributed by atoms with Crippen molar-refractivity contribution in [1.82, 2.24) is 10.6 Å². The van der Waals surface area contributed by atoms with E-state index in [2.05, 4.69) is 10.6 Å². The zero-order valence-electron chi connectivity index (χ0n) is 10.5. The van der Waals surface area contributed by atoms with Crippen LogP contribution in [-0.4, -0.2) is 29.7 Å². The summed E-state index contributed by atoms with van der Waals surface area (Å²) in [5.41, 5.74) is -0.0131. The van der Waals surface area contributed by atoms with Crippen LogP contribution < -0.4 is 10.6 Å². The summed E-state index contributed by atoms with van der Waals surface area (Å²) in [6, 6.07) is -1.22. The highest BCUT2D eigenvalue weighted by Crippen LogP contribution is 2.10. The fraction of sp³-hybridized carbons (Fsp3) is 0.818. The number of rotatable bonds is 5. The largest absolute Gasteiger partial charge is 0.480 e. The Morgan fingerprint density at radius 1 is 1.31 bits per heavy atom. The normalized spacial score (nSPS) is 13.0. The van der Waals surface area contributed by atoms with Crippen LogP contribution in [0, 0.1) is 5.41 Å². The van der Waals surface area contributed by atoms with Crippen molar-refractivity contribution in [3.8, 4) is 0 Å². The molecular weight excluding hydrogens is 208 g/mol. The molecule has 0 aliphatic carbocycles. The second kappa shape index (κ2) is 6.35. The van der Waals surface area contributed by atoms with E-state index in [0.29, 0.717) is 13.0 Å². The molecule has 3 N–H and O–H groups in total. The molecular formula is C11H22N2O3. The van der Waals surface area contributed by atoms with E-state index in [4.69, 9.17) is 5.11 Å². The molecule has 0 bridgehead atoms. The third kappa shape index (κ3) is 7.09. The first kappa shape index (κ1) is 14.7. The zero-order valence-corrected chi connectivity index (χ0v) is 10.5. The first-order valence-corrected chi connectivity index (χ1v) is 5.53. The van der Waals surface area contributed by atoms with Gasteiger partial charge in [-0.05, 0) is 11.8 Å². The van der Waals surface area contributed by atoms with E-state index in [9.17, 15) is 9.59 Å². The molecule has 0 heterocycles. The number of hydrogen-bond donors (Lipinski definition) is 3. The summed E-state index contributed by atoms with van der Waals surface area (Å²) in [6.45, 7) is 8.37. The van der Waals surface area contributed by atoms with Crippen LogP contribution >= 0.6 is 0 Å². The Bertz CT molecular complexity index is 246. The highest BCUT2D eigenvalue weighted by molar-refractivity contribution is 5.82. The predicted octanol–water partition coefficient (Wildman–Crippen LogP) is 1.59. The van der Waals surface area contributed by atoms with Crippen molar-refractivity contribution in [1.29, 1.82) is 0 Å². The lowest BCUT2D eigenvalue weighted by Gasteiger charge is -2.20. The fourth-order valence-electron chi connectivity index (χ4n) is 1.10. The third-order valence-electron chi connectivity index (χ3n) is 1.96. The smallest absolute Gasteiger partial charge is 0.326 e. The van der Waals surface area contributed by atoms with E-state index in [1.165, 1.54) is 0 Å². The second-order valence-corrected chi connectivity index (χ2v) is 5.07. The Hall–Kier alpha value is -1.26. The average molecular weight is 230 g/mol. The maximum atomic E-state index is 11.4. The molecule has 0 aromatic rings. The van der Waals surface area contributed by atoms with Gasteiger partial charge < -0.3 is 15.7 Å². The van der Waals surface area contributed by atoms with Crippen LogP contribution in [0.2, 0.25) is 0 Å². The summed E-state index contributed by atoms with van der Waals surface area (Å²) in [7, 11) is 0. The van der Waals surface area contributed by atoms with Gasteiger partial charge in [0.15, 0.2) is 0 Å². The Labute approximate surface area is 96.6 Å². The van der Waals surface area contributed by atoms with Crippen LogP contribution in [0.5, 0.6) is 0 Å². The highest BCUT2D eigenvalue weighted by atomic mass is 16.4. The molecule has 1 unspecified atom stereocenters. The number of carbonyl (C=O) groups is 2. The molecule has 5 heteroatoms. The molecule has 0 spiro atoms. The molecule has 0 radical (unpaired) electrons. The highest BCUT2D eigenvalue weighted by Gasteiger charge is 2.19. The lowest BCUT2D eigenvalue weighted by atomic mass is 9.97. The molecule has 0 aromatic heterocycles. The van der Waals surface area contributed by atoms with Gasteiger partial charge >= 0.3 is 12.0 Å². The minimum atomic E-state index is -0.993. The Kier molecular flexibility index (Phi) is 5.85. The van der Waals surface area contributed by atoms with Crippen molar-refractivity contribution in [3.63, 3.8) is 0 Å². The van der Waals surface area contributed by atoms with Crippen molar-refractivity contribution in [2.75, 3.05) is 6.54 Å². The van der Waals surface area contributed by atoms with E-state index in [1.54, 1.807) is 0 Å². The summed E-state index contributed by atoms with van der Waals surface area (Å²) in [5.74, 6) is -0.993. The molecule has 0 fully saturated rings. The van der Waals surface area contributed by atoms with Crippen LogP contribution in [0.1, 0.15) is 40.5 Å². The number of carbonyl (C=O) groups excluding carboxylic acids is 1. The monoisotopic (exact) mass is 230 g/mol. The predicted molar refractivity (Wildman–Crippen MR) is 62.3 cm³/mol. The van der Waals surface area contributed by atoms with E-state index in [-0.39, 0.29) is 5.41 Å². The number of carboxylic acid groups (broad SMARTS) is 1. The first-order chi connectivity index (χ1) is 7.26. The maximum Gasteiger partial charge on any atom is 0.326 e. The van der Waals surface area contributed by atoms with Crippen molar-refractivity contribution < 1.29 is 14.7 Å². The first-order valence-electron chi connectivity index (χ1n) is 5.53. The van der Waals surface area contributed by atoms with Gasteiger partial charge in [-0.1, -0.05) is 34.1 Å². The molecule has 2 amide bonds. The van der Waals surface area contributed by atoms with Gasteiger partial charge in [-0.3, -0.25) is 0 Å². The van der Waals surface area contributed by atoms with E-state index in [1.807, 2.05) is 27.7 Å². The molecule has 0 rings (SSSR count). The summed E-state index contributed by atoms with van der Waals surface area (Å²) in [6.07, 6.45) is 1.16. The van der Waals surface area contributed by atoms with Crippen molar-refractivity contribution in [3.05, 3.63) is 0 Å². The molecule has 0 saturated heterocycles. The summed E-state index contributed by atoms with van der Waals surface area (Å²) < 4.78 is 0. The van der Waals surface area contributed by atoms with Crippen molar-refractivity contribution in [2.45, 2.75) is 46.6 Å². The van der Waals surface area contributed by atoms with Gasteiger partial charge in [-0.15, -0.1) is 0 Å². The second-order valence-electron chi connectivity index (χ2n) is 5.07. The summed E-state index contributed by atoms with van der Waals surface area (Å²) in [5, 5.41) is 13.9. The van der Waals surface area contributed by atoms with E-state index < -0.39 is 18.0 Å². The number of urea groups is 1. The molecule has 1 atom stereocenters. The number of amides is 2. The van der Waals surface area contributed by atoms with Crippen LogP contribution in [0.25, 0.3) is 0 Å². The van der Waals surface area contributed by atoms with Crippen LogP contribution in [-0.2, 0) is 4.79 Å².